The zero-order valence-corrected chi connectivity index (χ0v) is 32.1. The van der Waals surface area contributed by atoms with Gasteiger partial charge in [0.05, 0.1) is 42.3 Å². The monoisotopic (exact) mass is 960 g/mol. The molecule has 4 aromatic carbocycles. The van der Waals surface area contributed by atoms with Crippen LogP contribution in [-0.4, -0.2) is 50.0 Å². The summed E-state index contributed by atoms with van der Waals surface area (Å²) in [5.41, 5.74) is 4.43. The minimum atomic E-state index is -1.70. The number of rotatable bonds is 13. The molecule has 10 nitrogen and oxygen atoms in total. The Morgan fingerprint density at radius 1 is 0.712 bits per heavy atom. The molecule has 1 unspecified atom stereocenters. The van der Waals surface area contributed by atoms with Gasteiger partial charge in [-0.05, 0) is 126 Å². The van der Waals surface area contributed by atoms with Gasteiger partial charge in [-0.3, -0.25) is 19.3 Å². The highest BCUT2D eigenvalue weighted by molar-refractivity contribution is 14.1. The molecular formula is C34H32F6I2N4O6. The molecule has 0 saturated carbocycles. The average Bonchev–Trinajstić information content (AvgIpc) is 3.11. The third-order valence-electron chi connectivity index (χ3n) is 6.87. The third-order valence-corrected chi connectivity index (χ3v) is 8.22. The predicted octanol–water partition coefficient (Wildman–Crippen LogP) is 7.87. The number of carbonyl (C=O) groups is 2. The van der Waals surface area contributed by atoms with Gasteiger partial charge in [-0.1, -0.05) is 0 Å². The highest BCUT2D eigenvalue weighted by atomic mass is 127. The van der Waals surface area contributed by atoms with E-state index in [1.165, 1.54) is 14.0 Å². The van der Waals surface area contributed by atoms with Crippen molar-refractivity contribution in [1.82, 2.24) is 11.0 Å². The van der Waals surface area contributed by atoms with E-state index < -0.39 is 75.3 Å². The Bertz CT molecular complexity index is 1920. The van der Waals surface area contributed by atoms with E-state index in [0.717, 1.165) is 18.3 Å². The maximum atomic E-state index is 14.3. The maximum Gasteiger partial charge on any atom is 0.277 e. The number of aliphatic hydroxyl groups is 1. The maximum absolute atomic E-state index is 14.3. The zero-order valence-electron chi connectivity index (χ0n) is 27.8. The van der Waals surface area contributed by atoms with Crippen molar-refractivity contribution < 1.29 is 55.5 Å². The number of aliphatic hydroxyl groups excluding tert-OH is 1. The van der Waals surface area contributed by atoms with Crippen LogP contribution in [-0.2, 0) is 14.4 Å². The van der Waals surface area contributed by atoms with E-state index in [1.807, 2.05) is 17.0 Å². The average molecular weight is 960 g/mol. The van der Waals surface area contributed by atoms with Crippen LogP contribution in [0.1, 0.15) is 38.8 Å². The molecule has 18 heteroatoms. The van der Waals surface area contributed by atoms with Crippen LogP contribution in [0.15, 0.2) is 48.5 Å². The van der Waals surface area contributed by atoms with Crippen LogP contribution in [0.4, 0.5) is 49.1 Å². The van der Waals surface area contributed by atoms with Crippen LogP contribution in [0.25, 0.3) is 0 Å². The van der Waals surface area contributed by atoms with E-state index in [2.05, 4.69) is 55.8 Å². The summed E-state index contributed by atoms with van der Waals surface area (Å²) in [4.78, 5) is 34.1. The van der Waals surface area contributed by atoms with E-state index in [-0.39, 0.29) is 19.8 Å². The van der Waals surface area contributed by atoms with Gasteiger partial charge in [0.25, 0.3) is 11.8 Å². The van der Waals surface area contributed by atoms with E-state index in [1.54, 1.807) is 44.2 Å². The van der Waals surface area contributed by atoms with Gasteiger partial charge < -0.3 is 20.5 Å². The number of benzene rings is 4. The lowest BCUT2D eigenvalue weighted by Gasteiger charge is -2.16. The molecule has 0 bridgehead atoms. The second kappa shape index (κ2) is 19.9. The van der Waals surface area contributed by atoms with Gasteiger partial charge in [-0.2, -0.15) is 0 Å². The van der Waals surface area contributed by atoms with Gasteiger partial charge in [0.1, 0.15) is 6.10 Å². The van der Waals surface area contributed by atoms with E-state index in [4.69, 9.17) is 19.5 Å². The fraction of sp³-hybridized carbons (Fsp3) is 0.235. The first-order chi connectivity index (χ1) is 24.6. The van der Waals surface area contributed by atoms with Crippen molar-refractivity contribution >= 4 is 79.7 Å². The van der Waals surface area contributed by atoms with Crippen molar-refractivity contribution in [1.29, 1.82) is 0 Å². The second-order valence-corrected chi connectivity index (χ2v) is 13.3. The topological polar surface area (TPSA) is 130 Å². The van der Waals surface area contributed by atoms with Crippen molar-refractivity contribution in [2.45, 2.75) is 26.9 Å². The Kier molecular flexibility index (Phi) is 16.4. The number of amides is 2. The number of hydrogen-bond donors (Lipinski definition) is 5. The first-order valence-electron chi connectivity index (χ1n) is 15.0. The summed E-state index contributed by atoms with van der Waals surface area (Å²) < 4.78 is 89.8. The number of halogens is 8. The van der Waals surface area contributed by atoms with Crippen LogP contribution in [0.3, 0.4) is 0 Å². The highest BCUT2D eigenvalue weighted by Gasteiger charge is 2.25. The minimum absolute atomic E-state index is 0.0351. The summed E-state index contributed by atoms with van der Waals surface area (Å²) >= 11 is 4.20. The molecule has 0 radical (unpaired) electrons. The van der Waals surface area contributed by atoms with Gasteiger partial charge in [-0.15, -0.1) is 0 Å². The van der Waals surface area contributed by atoms with Crippen molar-refractivity contribution in [2.24, 2.45) is 0 Å². The molecule has 4 aromatic rings. The molecular weight excluding hydrogens is 928 g/mol. The Morgan fingerprint density at radius 3 is 1.56 bits per heavy atom. The molecule has 1 atom stereocenters. The van der Waals surface area contributed by atoms with Crippen LogP contribution in [0.5, 0.6) is 0 Å². The van der Waals surface area contributed by atoms with Gasteiger partial charge in [0, 0.05) is 25.6 Å². The molecule has 0 aliphatic heterocycles. The Balaban J connectivity index is 0.000000280. The van der Waals surface area contributed by atoms with Crippen LogP contribution in [0, 0.1) is 55.9 Å². The van der Waals surface area contributed by atoms with E-state index >= 15 is 0 Å². The molecule has 2 amide bonds. The first-order valence-corrected chi connectivity index (χ1v) is 17.1. The standard InChI is InChI=1S/2C17H16F3IN2O3/c1-8-5-10(21)3-4-13(8)22-16-11(6-12(18)14(19)15(16)20)17(25)23-26-9(2)7-24;1-9-7-10(21)3-4-13(9)22-16-11(8-12(18)14(19)15(16)20)17(24)23-26-6-5-25-2/h3-6,9,22,24H,7H2,1-2H3,(H,23,25);3-4,7-8,22H,5-6H2,1-2H3,(H,23,24). The van der Waals surface area contributed by atoms with Crippen LogP contribution >= 0.6 is 45.2 Å². The molecule has 0 aromatic heterocycles. The molecule has 0 spiro atoms. The minimum Gasteiger partial charge on any atom is -0.394 e. The summed E-state index contributed by atoms with van der Waals surface area (Å²) in [7, 11) is 1.45. The SMILES string of the molecule is COCCONC(=O)c1cc(F)c(F)c(F)c1Nc1ccc(I)cc1C.Cc1cc(I)ccc1Nc1c(C(=O)NOC(C)CO)cc(F)c(F)c1F. The highest BCUT2D eigenvalue weighted by Crippen LogP contribution is 2.32. The van der Waals surface area contributed by atoms with Crippen molar-refractivity contribution in [3.8, 4) is 0 Å². The van der Waals surface area contributed by atoms with Gasteiger partial charge in [0.2, 0.25) is 0 Å². The number of carbonyl (C=O) groups excluding carboxylic acids is 2. The van der Waals surface area contributed by atoms with Gasteiger partial charge in [0.15, 0.2) is 34.9 Å². The van der Waals surface area contributed by atoms with E-state index in [9.17, 15) is 35.9 Å². The zero-order chi connectivity index (χ0) is 38.7. The second-order valence-electron chi connectivity index (χ2n) is 10.8. The molecule has 0 fully saturated rings. The molecule has 52 heavy (non-hydrogen) atoms. The normalized spacial score (nSPS) is 11.3. The van der Waals surface area contributed by atoms with Gasteiger partial charge in [-0.25, -0.2) is 37.3 Å². The van der Waals surface area contributed by atoms with Crippen molar-refractivity contribution in [3.05, 3.63) is 113 Å². The molecule has 5 N–H and O–H groups in total. The fourth-order valence-corrected chi connectivity index (χ4v) is 5.43. The van der Waals surface area contributed by atoms with Gasteiger partial charge >= 0.3 is 0 Å². The Labute approximate surface area is 321 Å². The molecule has 0 saturated heterocycles. The number of nitrogens with one attached hydrogen (secondary N) is 4. The van der Waals surface area contributed by atoms with Crippen LogP contribution < -0.4 is 21.6 Å². The largest absolute Gasteiger partial charge is 0.394 e. The Morgan fingerprint density at radius 2 is 1.15 bits per heavy atom. The van der Waals surface area contributed by atoms with Crippen molar-refractivity contribution in [3.63, 3.8) is 0 Å². The lowest BCUT2D eigenvalue weighted by atomic mass is 10.1. The molecule has 280 valence electrons. The number of hydroxylamine groups is 2. The molecule has 0 aliphatic carbocycles. The third kappa shape index (κ3) is 11.4. The van der Waals surface area contributed by atoms with Crippen molar-refractivity contribution in [2.75, 3.05) is 37.6 Å². The summed E-state index contributed by atoms with van der Waals surface area (Å²) in [5.74, 6) is -11.3. The summed E-state index contributed by atoms with van der Waals surface area (Å²) in [6.45, 7) is 4.84. The number of methoxy groups -OCH3 is 1. The quantitative estimate of drug-likeness (QED) is 0.0301. The Hall–Kier alpha value is -3.70. The predicted molar refractivity (Wildman–Crippen MR) is 197 cm³/mol. The smallest absolute Gasteiger partial charge is 0.277 e. The lowest BCUT2D eigenvalue weighted by molar-refractivity contribution is -0.0304. The van der Waals surface area contributed by atoms with Crippen LogP contribution in [0.2, 0.25) is 0 Å². The summed E-state index contributed by atoms with van der Waals surface area (Å²) in [5, 5.41) is 14.2. The number of aryl methyl sites for hydroxylation is 2. The molecule has 0 aliphatic rings. The first kappa shape index (κ1) is 42.7. The molecule has 0 heterocycles. The van der Waals surface area contributed by atoms with E-state index in [0.29, 0.717) is 23.5 Å². The summed E-state index contributed by atoms with van der Waals surface area (Å²) in [6, 6.07) is 11.6. The lowest BCUT2D eigenvalue weighted by Crippen LogP contribution is -2.30. The fourth-order valence-electron chi connectivity index (χ4n) is 4.14. The number of ether oxygens (including phenoxy) is 1. The summed E-state index contributed by atoms with van der Waals surface area (Å²) in [6.07, 6.45) is -0.732. The molecule has 4 rings (SSSR count). The number of hydrogen-bond acceptors (Lipinski definition) is 8. The number of anilines is 4.